The number of rotatable bonds is 5. The summed E-state index contributed by atoms with van der Waals surface area (Å²) in [4.78, 5) is 23.8. The average molecular weight is 291 g/mol. The molecule has 0 spiro atoms. The van der Waals surface area contributed by atoms with Crippen molar-refractivity contribution in [2.75, 3.05) is 0 Å². The fourth-order valence-electron chi connectivity index (χ4n) is 2.64. The van der Waals surface area contributed by atoms with Crippen LogP contribution in [0.4, 0.5) is 0 Å². The fraction of sp³-hybridized carbons (Fsp3) is 0.500. The molecule has 0 aliphatic heterocycles. The molecule has 1 aromatic rings. The topological polar surface area (TPSA) is 75.6 Å². The molecule has 114 valence electrons. The van der Waals surface area contributed by atoms with Crippen molar-refractivity contribution < 1.29 is 19.4 Å². The molecule has 2 rings (SSSR count). The lowest BCUT2D eigenvalue weighted by atomic mass is 9.81. The molecule has 2 N–H and O–H groups in total. The highest BCUT2D eigenvalue weighted by Crippen LogP contribution is 2.28. The third-order valence-electron chi connectivity index (χ3n) is 3.90. The van der Waals surface area contributed by atoms with E-state index in [2.05, 4.69) is 5.32 Å². The third-order valence-corrected chi connectivity index (χ3v) is 3.90. The first-order valence-electron chi connectivity index (χ1n) is 7.31. The van der Waals surface area contributed by atoms with Gasteiger partial charge in [0.2, 0.25) is 0 Å². The maximum Gasteiger partial charge on any atom is 0.329 e. The number of hydrogen-bond acceptors (Lipinski definition) is 3. The molecule has 0 aromatic heterocycles. The largest absolute Gasteiger partial charge is 0.481 e. The Balaban J connectivity index is 2.00. The van der Waals surface area contributed by atoms with Gasteiger partial charge in [0.15, 0.2) is 6.10 Å². The second-order valence-electron chi connectivity index (χ2n) is 5.51. The van der Waals surface area contributed by atoms with Gasteiger partial charge in [0.05, 0.1) is 0 Å². The van der Waals surface area contributed by atoms with E-state index in [0.29, 0.717) is 18.6 Å². The number of ether oxygens (including phenoxy) is 1. The summed E-state index contributed by atoms with van der Waals surface area (Å²) in [6, 6.07) is 9.02. The Morgan fingerprint density at radius 2 is 1.81 bits per heavy atom. The molecule has 5 nitrogen and oxygen atoms in total. The summed E-state index contributed by atoms with van der Waals surface area (Å²) >= 11 is 0. The van der Waals surface area contributed by atoms with E-state index in [4.69, 9.17) is 4.74 Å². The Morgan fingerprint density at radius 1 is 1.19 bits per heavy atom. The number of carboxylic acids is 1. The predicted molar refractivity (Wildman–Crippen MR) is 78.1 cm³/mol. The molecule has 0 radical (unpaired) electrons. The molecule has 5 heteroatoms. The van der Waals surface area contributed by atoms with Gasteiger partial charge in [-0.2, -0.15) is 0 Å². The van der Waals surface area contributed by atoms with Gasteiger partial charge in [0.1, 0.15) is 11.3 Å². The van der Waals surface area contributed by atoms with Gasteiger partial charge in [-0.3, -0.25) is 4.79 Å². The zero-order valence-electron chi connectivity index (χ0n) is 12.2. The number of amides is 1. The maximum absolute atomic E-state index is 12.2. The van der Waals surface area contributed by atoms with Crippen LogP contribution in [0.3, 0.4) is 0 Å². The minimum atomic E-state index is -1.14. The number of hydrogen-bond donors (Lipinski definition) is 2. The molecule has 1 atom stereocenters. The molecule has 1 aliphatic carbocycles. The van der Waals surface area contributed by atoms with Crippen molar-refractivity contribution in [3.63, 3.8) is 0 Å². The number of carbonyl (C=O) groups is 2. The Morgan fingerprint density at radius 3 is 2.38 bits per heavy atom. The highest BCUT2D eigenvalue weighted by atomic mass is 16.5. The van der Waals surface area contributed by atoms with Gasteiger partial charge in [-0.25, -0.2) is 4.79 Å². The fourth-order valence-corrected chi connectivity index (χ4v) is 2.64. The Kier molecular flexibility index (Phi) is 4.83. The molecule has 21 heavy (non-hydrogen) atoms. The van der Waals surface area contributed by atoms with E-state index >= 15 is 0 Å². The summed E-state index contributed by atoms with van der Waals surface area (Å²) in [6.07, 6.45) is 2.88. The molecule has 1 amide bonds. The van der Waals surface area contributed by atoms with Crippen molar-refractivity contribution in [1.29, 1.82) is 0 Å². The van der Waals surface area contributed by atoms with E-state index in [1.165, 1.54) is 0 Å². The van der Waals surface area contributed by atoms with Crippen LogP contribution in [-0.2, 0) is 9.59 Å². The van der Waals surface area contributed by atoms with Crippen molar-refractivity contribution in [3.05, 3.63) is 30.3 Å². The van der Waals surface area contributed by atoms with E-state index in [1.807, 2.05) is 18.2 Å². The maximum atomic E-state index is 12.2. The third kappa shape index (κ3) is 3.74. The lowest BCUT2D eigenvalue weighted by molar-refractivity contribution is -0.150. The van der Waals surface area contributed by atoms with Crippen LogP contribution >= 0.6 is 0 Å². The van der Waals surface area contributed by atoms with Gasteiger partial charge >= 0.3 is 5.97 Å². The van der Waals surface area contributed by atoms with Crippen LogP contribution in [0.2, 0.25) is 0 Å². The van der Waals surface area contributed by atoms with Crippen molar-refractivity contribution in [2.45, 2.75) is 50.7 Å². The number of para-hydroxylation sites is 1. The van der Waals surface area contributed by atoms with Gasteiger partial charge < -0.3 is 15.2 Å². The standard InChI is InChI=1S/C16H21NO4/c1-12(21-13-8-4-2-5-9-13)14(18)17-16(15(19)20)10-6-3-7-11-16/h2,4-5,8-9,12H,3,6-7,10-11H2,1H3,(H,17,18)(H,19,20). The monoisotopic (exact) mass is 291 g/mol. The highest BCUT2D eigenvalue weighted by molar-refractivity contribution is 5.89. The molecule has 1 saturated carbocycles. The number of carboxylic acid groups (broad SMARTS) is 1. The van der Waals surface area contributed by atoms with Gasteiger partial charge in [0, 0.05) is 0 Å². The first-order chi connectivity index (χ1) is 10.0. The summed E-state index contributed by atoms with van der Waals surface area (Å²) in [5.74, 6) is -0.751. The lowest BCUT2D eigenvalue weighted by Gasteiger charge is -2.34. The zero-order valence-corrected chi connectivity index (χ0v) is 12.2. The van der Waals surface area contributed by atoms with E-state index in [9.17, 15) is 14.7 Å². The quantitative estimate of drug-likeness (QED) is 0.873. The minimum absolute atomic E-state index is 0.386. The van der Waals surface area contributed by atoms with Gasteiger partial charge in [0.25, 0.3) is 5.91 Å². The SMILES string of the molecule is CC(Oc1ccccc1)C(=O)NC1(C(=O)O)CCCCC1. The predicted octanol–water partition coefficient (Wildman–Crippen LogP) is 2.36. The van der Waals surface area contributed by atoms with Crippen LogP contribution < -0.4 is 10.1 Å². The Bertz CT molecular complexity index is 494. The summed E-state index contributed by atoms with van der Waals surface area (Å²) in [6.45, 7) is 1.63. The van der Waals surface area contributed by atoms with E-state index in [0.717, 1.165) is 19.3 Å². The van der Waals surface area contributed by atoms with Gasteiger partial charge in [-0.1, -0.05) is 37.5 Å². The van der Waals surface area contributed by atoms with Crippen molar-refractivity contribution >= 4 is 11.9 Å². The zero-order chi connectivity index (χ0) is 15.3. The molecule has 1 fully saturated rings. The molecule has 0 saturated heterocycles. The van der Waals surface area contributed by atoms with Crippen LogP contribution in [0.25, 0.3) is 0 Å². The van der Waals surface area contributed by atoms with E-state index in [1.54, 1.807) is 19.1 Å². The van der Waals surface area contributed by atoms with Crippen molar-refractivity contribution in [1.82, 2.24) is 5.32 Å². The summed E-state index contributed by atoms with van der Waals surface area (Å²) in [5.41, 5.74) is -1.14. The second kappa shape index (κ2) is 6.61. The van der Waals surface area contributed by atoms with Crippen LogP contribution in [0.1, 0.15) is 39.0 Å². The highest BCUT2D eigenvalue weighted by Gasteiger charge is 2.41. The number of nitrogens with one attached hydrogen (secondary N) is 1. The van der Waals surface area contributed by atoms with E-state index in [-0.39, 0.29) is 5.91 Å². The first kappa shape index (κ1) is 15.4. The Hall–Kier alpha value is -2.04. The minimum Gasteiger partial charge on any atom is -0.481 e. The lowest BCUT2D eigenvalue weighted by Crippen LogP contribution is -2.58. The summed E-state index contributed by atoms with van der Waals surface area (Å²) < 4.78 is 5.54. The van der Waals surface area contributed by atoms with Crippen molar-refractivity contribution in [2.24, 2.45) is 0 Å². The smallest absolute Gasteiger partial charge is 0.329 e. The molecule has 0 heterocycles. The number of carbonyl (C=O) groups excluding carboxylic acids is 1. The van der Waals surface area contributed by atoms with Crippen LogP contribution in [-0.4, -0.2) is 28.6 Å². The molecular weight excluding hydrogens is 270 g/mol. The second-order valence-corrected chi connectivity index (χ2v) is 5.51. The van der Waals surface area contributed by atoms with Crippen LogP contribution in [0.15, 0.2) is 30.3 Å². The molecular formula is C16H21NO4. The summed E-state index contributed by atoms with van der Waals surface area (Å²) in [5, 5.41) is 12.1. The average Bonchev–Trinajstić information content (AvgIpc) is 2.49. The number of benzene rings is 1. The van der Waals surface area contributed by atoms with Gasteiger partial charge in [-0.15, -0.1) is 0 Å². The van der Waals surface area contributed by atoms with Crippen molar-refractivity contribution in [3.8, 4) is 5.75 Å². The molecule has 0 bridgehead atoms. The van der Waals surface area contributed by atoms with E-state index < -0.39 is 17.6 Å². The number of aliphatic carboxylic acids is 1. The summed E-state index contributed by atoms with van der Waals surface area (Å²) in [7, 11) is 0. The van der Waals surface area contributed by atoms with Gasteiger partial charge in [-0.05, 0) is 31.9 Å². The Labute approximate surface area is 124 Å². The van der Waals surface area contributed by atoms with Crippen LogP contribution in [0.5, 0.6) is 5.75 Å². The first-order valence-corrected chi connectivity index (χ1v) is 7.31. The molecule has 1 aliphatic rings. The molecule has 1 aromatic carbocycles. The van der Waals surface area contributed by atoms with Crippen LogP contribution in [0, 0.1) is 0 Å². The molecule has 1 unspecified atom stereocenters. The normalized spacial score (nSPS) is 18.5.